The Morgan fingerprint density at radius 2 is 1.74 bits per heavy atom. The van der Waals surface area contributed by atoms with Crippen LogP contribution in [0.15, 0.2) is 65.8 Å². The molecule has 2 aromatic carbocycles. The molecule has 0 spiro atoms. The van der Waals surface area contributed by atoms with Crippen molar-refractivity contribution in [3.63, 3.8) is 0 Å². The van der Waals surface area contributed by atoms with Crippen LogP contribution in [0.1, 0.15) is 0 Å². The highest BCUT2D eigenvalue weighted by Crippen LogP contribution is 2.26. The molecule has 5 rings (SSSR count). The number of fused-ring (bicyclic) bond motifs is 2. The summed E-state index contributed by atoms with van der Waals surface area (Å²) in [4.78, 5) is 15.0. The van der Waals surface area contributed by atoms with Crippen molar-refractivity contribution in [2.75, 3.05) is 31.1 Å². The smallest absolute Gasteiger partial charge is 0.290 e. The number of pyridine rings is 1. The highest BCUT2D eigenvalue weighted by atomic mass is 32.2. The lowest BCUT2D eigenvalue weighted by Crippen LogP contribution is -2.43. The van der Waals surface area contributed by atoms with E-state index in [9.17, 15) is 8.42 Å². The summed E-state index contributed by atoms with van der Waals surface area (Å²) in [5.41, 5.74) is 2.33. The molecule has 4 aromatic rings. The topological polar surface area (TPSA) is 117 Å². The van der Waals surface area contributed by atoms with E-state index in [-0.39, 0.29) is 11.4 Å². The lowest BCUT2D eigenvalue weighted by atomic mass is 10.2. The molecule has 1 fully saturated rings. The summed E-state index contributed by atoms with van der Waals surface area (Å²) in [5, 5.41) is 16.0. The number of aromatic nitrogens is 3. The highest BCUT2D eigenvalue weighted by Gasteiger charge is 2.22. The number of anilines is 1. The fourth-order valence-electron chi connectivity index (χ4n) is 3.59. The van der Waals surface area contributed by atoms with Gasteiger partial charge in [0.2, 0.25) is 0 Å². The molecule has 2 N–H and O–H groups in total. The van der Waals surface area contributed by atoms with Crippen molar-refractivity contribution < 1.29 is 18.3 Å². The van der Waals surface area contributed by atoms with E-state index in [0.717, 1.165) is 52.2 Å². The van der Waals surface area contributed by atoms with Gasteiger partial charge >= 0.3 is 0 Å². The molecule has 3 heterocycles. The Hall–Kier alpha value is -3.50. The van der Waals surface area contributed by atoms with E-state index < -0.39 is 10.0 Å². The van der Waals surface area contributed by atoms with E-state index >= 15 is 0 Å². The molecular formula is C21H21N5O4S. The molecule has 10 heteroatoms. The number of hydrogen-bond acceptors (Lipinski definition) is 7. The molecule has 31 heavy (non-hydrogen) atoms. The van der Waals surface area contributed by atoms with Crippen molar-refractivity contribution in [2.24, 2.45) is 0 Å². The first kappa shape index (κ1) is 20.8. The molecule has 0 bridgehead atoms. The second-order valence-corrected chi connectivity index (χ2v) is 8.71. The monoisotopic (exact) mass is 439 g/mol. The van der Waals surface area contributed by atoms with Gasteiger partial charge in [0.1, 0.15) is 4.90 Å². The average molecular weight is 439 g/mol. The first-order valence-electron chi connectivity index (χ1n) is 9.66. The highest BCUT2D eigenvalue weighted by molar-refractivity contribution is 7.90. The van der Waals surface area contributed by atoms with Crippen molar-refractivity contribution in [1.82, 2.24) is 19.5 Å². The Balaban J connectivity index is 0.000000730. The fourth-order valence-corrected chi connectivity index (χ4v) is 4.84. The van der Waals surface area contributed by atoms with Gasteiger partial charge in [-0.1, -0.05) is 18.2 Å². The third kappa shape index (κ3) is 4.07. The van der Waals surface area contributed by atoms with Gasteiger partial charge in [-0.15, -0.1) is 0 Å². The van der Waals surface area contributed by atoms with E-state index in [1.165, 1.54) is 6.20 Å². The number of nitrogens with one attached hydrogen (secondary N) is 1. The summed E-state index contributed by atoms with van der Waals surface area (Å²) in [6.07, 6.45) is 2.98. The lowest BCUT2D eigenvalue weighted by molar-refractivity contribution is -0.122. The molecular weight excluding hydrogens is 418 g/mol. The number of nitrogens with zero attached hydrogens (tertiary/aromatic N) is 4. The average Bonchev–Trinajstić information content (AvgIpc) is 3.24. The molecule has 1 aliphatic rings. The molecule has 0 radical (unpaired) electrons. The Kier molecular flexibility index (Phi) is 5.83. The van der Waals surface area contributed by atoms with Crippen LogP contribution in [0.5, 0.6) is 0 Å². The predicted molar refractivity (Wildman–Crippen MR) is 118 cm³/mol. The van der Waals surface area contributed by atoms with Gasteiger partial charge in [0.15, 0.2) is 0 Å². The van der Waals surface area contributed by atoms with Crippen molar-refractivity contribution in [1.29, 1.82) is 0 Å². The Morgan fingerprint density at radius 3 is 2.52 bits per heavy atom. The van der Waals surface area contributed by atoms with E-state index in [2.05, 4.69) is 20.3 Å². The summed E-state index contributed by atoms with van der Waals surface area (Å²) in [6.45, 7) is 3.36. The van der Waals surface area contributed by atoms with Crippen LogP contribution in [0, 0.1) is 0 Å². The minimum atomic E-state index is -3.85. The van der Waals surface area contributed by atoms with Crippen molar-refractivity contribution in [3.05, 3.63) is 60.9 Å². The molecule has 9 nitrogen and oxygen atoms in total. The first-order chi connectivity index (χ1) is 15.0. The van der Waals surface area contributed by atoms with Crippen LogP contribution in [0.4, 0.5) is 5.69 Å². The van der Waals surface area contributed by atoms with Crippen LogP contribution in [0.3, 0.4) is 0 Å². The maximum atomic E-state index is 13.3. The standard InChI is InChI=1S/C20H19N5O2S.CH2O2/c26-28(27,18-11-15-3-1-2-4-19(15)22-14-18)25-20-12-17(6-5-16(20)13-23-25)24-9-7-21-8-10-24;2-1-3/h1-6,11-14,21H,7-10H2;1H,(H,2,3). The molecule has 0 amide bonds. The van der Waals surface area contributed by atoms with Crippen LogP contribution in [0.25, 0.3) is 21.8 Å². The van der Waals surface area contributed by atoms with E-state index in [4.69, 9.17) is 9.90 Å². The van der Waals surface area contributed by atoms with Crippen LogP contribution < -0.4 is 10.2 Å². The lowest BCUT2D eigenvalue weighted by Gasteiger charge is -2.29. The quantitative estimate of drug-likeness (QED) is 0.465. The Bertz CT molecular complexity index is 1330. The van der Waals surface area contributed by atoms with E-state index in [1.807, 2.05) is 42.5 Å². The number of carbonyl (C=O) groups is 1. The van der Waals surface area contributed by atoms with Gasteiger partial charge in [-0.25, -0.2) is 0 Å². The molecule has 0 aliphatic carbocycles. The van der Waals surface area contributed by atoms with Gasteiger partial charge in [0.05, 0.1) is 17.2 Å². The maximum Gasteiger partial charge on any atom is 0.290 e. The first-order valence-corrected chi connectivity index (χ1v) is 11.1. The van der Waals surface area contributed by atoms with Gasteiger partial charge in [0.25, 0.3) is 16.5 Å². The predicted octanol–water partition coefficient (Wildman–Crippen LogP) is 1.93. The third-order valence-corrected chi connectivity index (χ3v) is 6.66. The van der Waals surface area contributed by atoms with Gasteiger partial charge in [-0.3, -0.25) is 9.78 Å². The zero-order valence-electron chi connectivity index (χ0n) is 16.5. The van der Waals surface area contributed by atoms with Gasteiger partial charge in [-0.05, 0) is 30.3 Å². The second kappa shape index (κ2) is 8.70. The van der Waals surface area contributed by atoms with Crippen LogP contribution in [-0.4, -0.2) is 60.3 Å². The summed E-state index contributed by atoms with van der Waals surface area (Å²) < 4.78 is 27.7. The van der Waals surface area contributed by atoms with Crippen LogP contribution >= 0.6 is 0 Å². The van der Waals surface area contributed by atoms with Crippen LogP contribution in [-0.2, 0) is 14.8 Å². The third-order valence-electron chi connectivity index (χ3n) is 5.09. The zero-order valence-corrected chi connectivity index (χ0v) is 17.4. The van der Waals surface area contributed by atoms with Crippen molar-refractivity contribution in [2.45, 2.75) is 4.90 Å². The molecule has 0 atom stereocenters. The summed E-state index contributed by atoms with van der Waals surface area (Å²) in [5.74, 6) is 0. The number of para-hydroxylation sites is 1. The largest absolute Gasteiger partial charge is 0.483 e. The molecule has 2 aromatic heterocycles. The zero-order chi connectivity index (χ0) is 21.8. The minimum Gasteiger partial charge on any atom is -0.483 e. The van der Waals surface area contributed by atoms with Gasteiger partial charge in [0, 0.05) is 48.8 Å². The maximum absolute atomic E-state index is 13.3. The fraction of sp³-hybridized carbons (Fsp3) is 0.190. The second-order valence-electron chi connectivity index (χ2n) is 6.94. The van der Waals surface area contributed by atoms with Gasteiger partial charge in [-0.2, -0.15) is 17.6 Å². The number of rotatable bonds is 3. The summed E-state index contributed by atoms with van der Waals surface area (Å²) in [7, 11) is -3.85. The van der Waals surface area contributed by atoms with E-state index in [0.29, 0.717) is 5.52 Å². The summed E-state index contributed by atoms with van der Waals surface area (Å²) >= 11 is 0. The molecule has 0 unspecified atom stereocenters. The normalized spacial score (nSPS) is 14.3. The van der Waals surface area contributed by atoms with Crippen LogP contribution in [0.2, 0.25) is 0 Å². The van der Waals surface area contributed by atoms with Gasteiger partial charge < -0.3 is 15.3 Å². The number of benzene rings is 2. The Labute approximate surface area is 179 Å². The SMILES string of the molecule is O=CO.O=S(=O)(c1cnc2ccccc2c1)n1ncc2ccc(N3CCNCC3)cc21. The number of carboxylic acid groups (broad SMARTS) is 1. The minimum absolute atomic E-state index is 0.128. The van der Waals surface area contributed by atoms with Crippen molar-refractivity contribution in [3.8, 4) is 0 Å². The van der Waals surface area contributed by atoms with E-state index in [1.54, 1.807) is 12.3 Å². The Morgan fingerprint density at radius 1 is 1.00 bits per heavy atom. The molecule has 1 saturated heterocycles. The molecule has 1 aliphatic heterocycles. The van der Waals surface area contributed by atoms with Crippen molar-refractivity contribution >= 4 is 44.0 Å². The number of piperazine rings is 1. The summed E-state index contributed by atoms with van der Waals surface area (Å²) in [6, 6.07) is 14.9. The molecule has 160 valence electrons. The molecule has 0 saturated carbocycles. The number of hydrogen-bond donors (Lipinski definition) is 2.